The highest BCUT2D eigenvalue weighted by atomic mass is 35.5. The Balaban J connectivity index is 2.21. The van der Waals surface area contributed by atoms with E-state index in [4.69, 9.17) is 17.3 Å². The van der Waals surface area contributed by atoms with Crippen molar-refractivity contribution in [1.82, 2.24) is 0 Å². The van der Waals surface area contributed by atoms with E-state index in [0.717, 1.165) is 5.56 Å². The lowest BCUT2D eigenvalue weighted by molar-refractivity contribution is 0.102. The van der Waals surface area contributed by atoms with Crippen LogP contribution in [0.15, 0.2) is 42.5 Å². The SMILES string of the molecule is Cc1cccc(C(=O)Nc2ccc(Cl)c(C#CCN)c2)c1. The zero-order valence-corrected chi connectivity index (χ0v) is 12.4. The van der Waals surface area contributed by atoms with Gasteiger partial charge < -0.3 is 11.1 Å². The lowest BCUT2D eigenvalue weighted by Crippen LogP contribution is -2.12. The molecule has 0 atom stereocenters. The van der Waals surface area contributed by atoms with Gasteiger partial charge in [-0.25, -0.2) is 0 Å². The van der Waals surface area contributed by atoms with Crippen molar-refractivity contribution in [3.8, 4) is 11.8 Å². The molecule has 21 heavy (non-hydrogen) atoms. The van der Waals surface area contributed by atoms with Gasteiger partial charge in [0.25, 0.3) is 5.91 Å². The van der Waals surface area contributed by atoms with Gasteiger partial charge in [0.1, 0.15) is 0 Å². The molecule has 0 bridgehead atoms. The standard InChI is InChI=1S/C17H15ClN2O/c1-12-4-2-5-14(10-12)17(21)20-15-7-8-16(18)13(11-15)6-3-9-19/h2,4-5,7-8,10-11H,9,19H2,1H3,(H,20,21). The van der Waals surface area contributed by atoms with Crippen LogP contribution in [0.5, 0.6) is 0 Å². The molecular formula is C17H15ClN2O. The fourth-order valence-electron chi connectivity index (χ4n) is 1.83. The summed E-state index contributed by atoms with van der Waals surface area (Å²) in [7, 11) is 0. The van der Waals surface area contributed by atoms with E-state index in [-0.39, 0.29) is 12.5 Å². The van der Waals surface area contributed by atoms with Gasteiger partial charge >= 0.3 is 0 Å². The van der Waals surface area contributed by atoms with Crippen molar-refractivity contribution < 1.29 is 4.79 Å². The Morgan fingerprint density at radius 3 is 2.81 bits per heavy atom. The number of nitrogens with one attached hydrogen (secondary N) is 1. The normalized spacial score (nSPS) is 9.67. The van der Waals surface area contributed by atoms with Crippen molar-refractivity contribution in [3.05, 3.63) is 64.2 Å². The molecule has 0 fully saturated rings. The van der Waals surface area contributed by atoms with Crippen molar-refractivity contribution in [1.29, 1.82) is 0 Å². The molecule has 4 heteroatoms. The van der Waals surface area contributed by atoms with Gasteiger partial charge in [-0.2, -0.15) is 0 Å². The summed E-state index contributed by atoms with van der Waals surface area (Å²) >= 11 is 6.05. The first-order valence-corrected chi connectivity index (χ1v) is 6.84. The van der Waals surface area contributed by atoms with E-state index in [1.54, 1.807) is 24.3 Å². The number of aryl methyl sites for hydroxylation is 1. The topological polar surface area (TPSA) is 55.1 Å². The minimum Gasteiger partial charge on any atom is -0.322 e. The number of carbonyl (C=O) groups is 1. The number of rotatable bonds is 2. The third-order valence-electron chi connectivity index (χ3n) is 2.83. The highest BCUT2D eigenvalue weighted by Gasteiger charge is 2.07. The minimum absolute atomic E-state index is 0.168. The van der Waals surface area contributed by atoms with Crippen molar-refractivity contribution in [2.45, 2.75) is 6.92 Å². The number of benzene rings is 2. The lowest BCUT2D eigenvalue weighted by Gasteiger charge is -2.07. The maximum absolute atomic E-state index is 12.2. The van der Waals surface area contributed by atoms with Gasteiger partial charge in [0.2, 0.25) is 0 Å². The van der Waals surface area contributed by atoms with Gasteiger partial charge in [-0.3, -0.25) is 4.79 Å². The number of amides is 1. The van der Waals surface area contributed by atoms with Gasteiger partial charge in [-0.15, -0.1) is 0 Å². The average molecular weight is 299 g/mol. The van der Waals surface area contributed by atoms with Crippen LogP contribution in [0.1, 0.15) is 21.5 Å². The molecule has 1 amide bonds. The minimum atomic E-state index is -0.168. The molecule has 0 spiro atoms. The largest absolute Gasteiger partial charge is 0.322 e. The van der Waals surface area contributed by atoms with Crippen LogP contribution in [0, 0.1) is 18.8 Å². The molecule has 0 aromatic heterocycles. The van der Waals surface area contributed by atoms with Crippen LogP contribution in [0.25, 0.3) is 0 Å². The molecular weight excluding hydrogens is 284 g/mol. The Bertz CT molecular complexity index is 729. The number of hydrogen-bond donors (Lipinski definition) is 2. The van der Waals surface area contributed by atoms with Crippen LogP contribution >= 0.6 is 11.6 Å². The van der Waals surface area contributed by atoms with Crippen LogP contribution in [-0.4, -0.2) is 12.5 Å². The molecule has 3 nitrogen and oxygen atoms in total. The molecule has 106 valence electrons. The second-order valence-electron chi connectivity index (χ2n) is 4.52. The van der Waals surface area contributed by atoms with E-state index in [1.165, 1.54) is 0 Å². The third kappa shape index (κ3) is 4.09. The van der Waals surface area contributed by atoms with Crippen LogP contribution < -0.4 is 11.1 Å². The number of hydrogen-bond acceptors (Lipinski definition) is 2. The van der Waals surface area contributed by atoms with Crippen LogP contribution in [0.4, 0.5) is 5.69 Å². The van der Waals surface area contributed by atoms with Crippen molar-refractivity contribution in [3.63, 3.8) is 0 Å². The van der Waals surface area contributed by atoms with Gasteiger partial charge in [-0.1, -0.05) is 41.1 Å². The lowest BCUT2D eigenvalue weighted by atomic mass is 10.1. The fraction of sp³-hybridized carbons (Fsp3) is 0.118. The van der Waals surface area contributed by atoms with Crippen molar-refractivity contribution in [2.75, 3.05) is 11.9 Å². The molecule has 0 saturated carbocycles. The fourth-order valence-corrected chi connectivity index (χ4v) is 2.00. The van der Waals surface area contributed by atoms with Gasteiger partial charge in [0, 0.05) is 16.8 Å². The summed E-state index contributed by atoms with van der Waals surface area (Å²) in [6.07, 6.45) is 0. The molecule has 2 rings (SSSR count). The molecule has 0 unspecified atom stereocenters. The summed E-state index contributed by atoms with van der Waals surface area (Å²) in [5.41, 5.74) is 8.28. The predicted molar refractivity (Wildman–Crippen MR) is 86.5 cm³/mol. The van der Waals surface area contributed by atoms with E-state index in [1.807, 2.05) is 25.1 Å². The highest BCUT2D eigenvalue weighted by molar-refractivity contribution is 6.31. The maximum Gasteiger partial charge on any atom is 0.255 e. The Morgan fingerprint density at radius 1 is 1.29 bits per heavy atom. The molecule has 0 aliphatic rings. The molecule has 0 aliphatic heterocycles. The van der Waals surface area contributed by atoms with E-state index < -0.39 is 0 Å². The molecule has 3 N–H and O–H groups in total. The van der Waals surface area contributed by atoms with Crippen LogP contribution in [0.3, 0.4) is 0 Å². The van der Waals surface area contributed by atoms with Gasteiger partial charge in [-0.05, 0) is 37.3 Å². The van der Waals surface area contributed by atoms with Gasteiger partial charge in [0.05, 0.1) is 11.6 Å². The Hall–Kier alpha value is -2.28. The summed E-state index contributed by atoms with van der Waals surface area (Å²) in [6, 6.07) is 12.6. The second kappa shape index (κ2) is 6.94. The van der Waals surface area contributed by atoms with Crippen LogP contribution in [-0.2, 0) is 0 Å². The Kier molecular flexibility index (Phi) is 4.99. The van der Waals surface area contributed by atoms with E-state index in [2.05, 4.69) is 17.2 Å². The zero-order valence-electron chi connectivity index (χ0n) is 11.6. The van der Waals surface area contributed by atoms with Crippen molar-refractivity contribution >= 4 is 23.2 Å². The maximum atomic E-state index is 12.2. The number of nitrogens with two attached hydrogens (primary N) is 1. The second-order valence-corrected chi connectivity index (χ2v) is 4.93. The molecule has 0 aliphatic carbocycles. The van der Waals surface area contributed by atoms with E-state index >= 15 is 0 Å². The van der Waals surface area contributed by atoms with Crippen molar-refractivity contribution in [2.24, 2.45) is 5.73 Å². The smallest absolute Gasteiger partial charge is 0.255 e. The summed E-state index contributed by atoms with van der Waals surface area (Å²) in [6.45, 7) is 2.20. The highest BCUT2D eigenvalue weighted by Crippen LogP contribution is 2.20. The molecule has 0 heterocycles. The number of carbonyl (C=O) groups excluding carboxylic acids is 1. The first-order valence-electron chi connectivity index (χ1n) is 6.46. The number of anilines is 1. The first kappa shape index (κ1) is 15.1. The summed E-state index contributed by atoms with van der Waals surface area (Å²) in [4.78, 5) is 12.2. The molecule has 0 radical (unpaired) electrons. The average Bonchev–Trinajstić information content (AvgIpc) is 2.47. The zero-order chi connectivity index (χ0) is 15.2. The Morgan fingerprint density at radius 2 is 2.10 bits per heavy atom. The Labute approximate surface area is 129 Å². The monoisotopic (exact) mass is 298 g/mol. The predicted octanol–water partition coefficient (Wildman–Crippen LogP) is 3.21. The third-order valence-corrected chi connectivity index (χ3v) is 3.16. The molecule has 0 saturated heterocycles. The molecule has 2 aromatic carbocycles. The summed E-state index contributed by atoms with van der Waals surface area (Å²) in [5.74, 6) is 5.45. The summed E-state index contributed by atoms with van der Waals surface area (Å²) < 4.78 is 0. The van der Waals surface area contributed by atoms with E-state index in [0.29, 0.717) is 21.8 Å². The number of halogens is 1. The van der Waals surface area contributed by atoms with Crippen LogP contribution in [0.2, 0.25) is 5.02 Å². The summed E-state index contributed by atoms with van der Waals surface area (Å²) in [5, 5.41) is 3.36. The molecule has 2 aromatic rings. The quantitative estimate of drug-likeness (QED) is 0.837. The van der Waals surface area contributed by atoms with E-state index in [9.17, 15) is 4.79 Å². The first-order chi connectivity index (χ1) is 10.1. The van der Waals surface area contributed by atoms with Gasteiger partial charge in [0.15, 0.2) is 0 Å².